The molecule has 4 nitrogen and oxygen atoms in total. The number of benzene rings is 2. The largest absolute Gasteiger partial charge is 0.497 e. The van der Waals surface area contributed by atoms with E-state index in [2.05, 4.69) is 50.1 Å². The van der Waals surface area contributed by atoms with Crippen molar-refractivity contribution in [3.63, 3.8) is 0 Å². The Balaban J connectivity index is 1.94. The van der Waals surface area contributed by atoms with Crippen molar-refractivity contribution < 1.29 is 4.74 Å². The second-order valence-electron chi connectivity index (χ2n) is 6.86. The zero-order chi connectivity index (χ0) is 16.6. The van der Waals surface area contributed by atoms with Crippen LogP contribution in [0.15, 0.2) is 47.3 Å². The third kappa shape index (κ3) is 3.02. The monoisotopic (exact) mass is 310 g/mol. The van der Waals surface area contributed by atoms with Crippen LogP contribution in [0.4, 0.5) is 0 Å². The molecule has 3 rings (SSSR count). The first kappa shape index (κ1) is 15.4. The molecule has 1 N–H and O–H groups in total. The van der Waals surface area contributed by atoms with Gasteiger partial charge in [0.15, 0.2) is 0 Å². The van der Waals surface area contributed by atoms with Crippen molar-refractivity contribution in [3.05, 3.63) is 63.9 Å². The van der Waals surface area contributed by atoms with E-state index < -0.39 is 0 Å². The fraction of sp³-hybridized carbons (Fsp3) is 0.316. The third-order valence-electron chi connectivity index (χ3n) is 4.14. The average molecular weight is 310 g/mol. The zero-order valence-corrected chi connectivity index (χ0v) is 14.0. The van der Waals surface area contributed by atoms with Gasteiger partial charge in [-0.3, -0.25) is 14.6 Å². The molecule has 3 aromatic rings. The number of H-pyrrole nitrogens is 1. The van der Waals surface area contributed by atoms with Crippen LogP contribution in [-0.4, -0.2) is 16.9 Å². The number of methoxy groups -OCH3 is 1. The van der Waals surface area contributed by atoms with E-state index in [-0.39, 0.29) is 11.0 Å². The Kier molecular flexibility index (Phi) is 3.76. The summed E-state index contributed by atoms with van der Waals surface area (Å²) < 4.78 is 7.07. The molecule has 23 heavy (non-hydrogen) atoms. The van der Waals surface area contributed by atoms with Crippen molar-refractivity contribution in [3.8, 4) is 5.75 Å². The second kappa shape index (κ2) is 5.61. The number of hydrogen-bond donors (Lipinski definition) is 1. The molecule has 0 aliphatic rings. The Bertz CT molecular complexity index is 880. The molecule has 120 valence electrons. The second-order valence-corrected chi connectivity index (χ2v) is 6.86. The molecule has 4 heteroatoms. The predicted octanol–water partition coefficient (Wildman–Crippen LogP) is 3.68. The van der Waals surface area contributed by atoms with Crippen molar-refractivity contribution in [2.75, 3.05) is 7.11 Å². The minimum absolute atomic E-state index is 0.0924. The van der Waals surface area contributed by atoms with E-state index in [4.69, 9.17) is 4.74 Å². The van der Waals surface area contributed by atoms with Crippen molar-refractivity contribution in [1.82, 2.24) is 9.78 Å². The van der Waals surface area contributed by atoms with Crippen LogP contribution in [0.5, 0.6) is 5.75 Å². The first-order chi connectivity index (χ1) is 10.9. The number of nitrogens with zero attached hydrogens (tertiary/aromatic N) is 1. The molecule has 0 amide bonds. The van der Waals surface area contributed by atoms with E-state index in [1.165, 1.54) is 5.56 Å². The number of nitrogens with one attached hydrogen (secondary N) is 1. The smallest absolute Gasteiger partial charge is 0.272 e. The van der Waals surface area contributed by atoms with Crippen LogP contribution in [0.2, 0.25) is 0 Å². The highest BCUT2D eigenvalue weighted by molar-refractivity contribution is 5.80. The van der Waals surface area contributed by atoms with Crippen LogP contribution < -0.4 is 10.3 Å². The maximum absolute atomic E-state index is 12.1. The van der Waals surface area contributed by atoms with Gasteiger partial charge in [0.2, 0.25) is 0 Å². The van der Waals surface area contributed by atoms with E-state index in [0.717, 1.165) is 11.1 Å². The van der Waals surface area contributed by atoms with Gasteiger partial charge in [-0.2, -0.15) is 0 Å². The quantitative estimate of drug-likeness (QED) is 0.802. The summed E-state index contributed by atoms with van der Waals surface area (Å²) in [7, 11) is 1.60. The molecule has 0 atom stereocenters. The Morgan fingerprint density at radius 3 is 2.39 bits per heavy atom. The summed E-state index contributed by atoms with van der Waals surface area (Å²) in [5.41, 5.74) is 3.39. The van der Waals surface area contributed by atoms with Crippen LogP contribution in [0.25, 0.3) is 10.9 Å². The van der Waals surface area contributed by atoms with Crippen molar-refractivity contribution in [2.24, 2.45) is 0 Å². The molecule has 0 radical (unpaired) electrons. The first-order valence-electron chi connectivity index (χ1n) is 7.74. The SMILES string of the molecule is COc1ccc2c(c1)c(=O)[nH]n2Cc1ccc(C(C)(C)C)cc1. The molecule has 0 saturated heterocycles. The minimum atomic E-state index is -0.0924. The van der Waals surface area contributed by atoms with Crippen LogP contribution >= 0.6 is 0 Å². The van der Waals surface area contributed by atoms with Crippen molar-refractivity contribution in [1.29, 1.82) is 0 Å². The molecule has 1 heterocycles. The molecule has 0 fully saturated rings. The van der Waals surface area contributed by atoms with Crippen LogP contribution in [0, 0.1) is 0 Å². The van der Waals surface area contributed by atoms with Gasteiger partial charge in [-0.05, 0) is 34.7 Å². The maximum atomic E-state index is 12.1. The topological polar surface area (TPSA) is 47.0 Å². The third-order valence-corrected chi connectivity index (χ3v) is 4.14. The fourth-order valence-electron chi connectivity index (χ4n) is 2.72. The van der Waals surface area contributed by atoms with Gasteiger partial charge in [0.1, 0.15) is 5.75 Å². The Morgan fingerprint density at radius 1 is 1.09 bits per heavy atom. The van der Waals surface area contributed by atoms with Gasteiger partial charge in [0, 0.05) is 0 Å². The lowest BCUT2D eigenvalue weighted by Gasteiger charge is -2.19. The van der Waals surface area contributed by atoms with Gasteiger partial charge in [-0.15, -0.1) is 0 Å². The van der Waals surface area contributed by atoms with Crippen LogP contribution in [0.3, 0.4) is 0 Å². The maximum Gasteiger partial charge on any atom is 0.272 e. The van der Waals surface area contributed by atoms with Gasteiger partial charge in [0.05, 0.1) is 24.6 Å². The summed E-state index contributed by atoms with van der Waals surface area (Å²) in [4.78, 5) is 12.1. The summed E-state index contributed by atoms with van der Waals surface area (Å²) in [6.07, 6.45) is 0. The molecule has 0 aliphatic carbocycles. The molecular formula is C19H22N2O2. The molecule has 0 saturated carbocycles. The van der Waals surface area contributed by atoms with Gasteiger partial charge < -0.3 is 4.74 Å². The molecule has 0 spiro atoms. The number of aromatic amines is 1. The summed E-state index contributed by atoms with van der Waals surface area (Å²) in [5, 5.41) is 3.55. The van der Waals surface area contributed by atoms with E-state index in [0.29, 0.717) is 17.7 Å². The fourth-order valence-corrected chi connectivity index (χ4v) is 2.72. The van der Waals surface area contributed by atoms with E-state index in [1.807, 2.05) is 16.8 Å². The van der Waals surface area contributed by atoms with Gasteiger partial charge in [0.25, 0.3) is 5.56 Å². The van der Waals surface area contributed by atoms with E-state index in [9.17, 15) is 4.79 Å². The minimum Gasteiger partial charge on any atom is -0.497 e. The Hall–Kier alpha value is -2.49. The number of hydrogen-bond acceptors (Lipinski definition) is 2. The highest BCUT2D eigenvalue weighted by Crippen LogP contribution is 2.23. The van der Waals surface area contributed by atoms with Gasteiger partial charge in [-0.1, -0.05) is 45.0 Å². The molecule has 1 aromatic heterocycles. The summed E-state index contributed by atoms with van der Waals surface area (Å²) in [6.45, 7) is 7.24. The number of aromatic nitrogens is 2. The molecular weight excluding hydrogens is 288 g/mol. The lowest BCUT2D eigenvalue weighted by Crippen LogP contribution is -2.11. The summed E-state index contributed by atoms with van der Waals surface area (Å²) in [6, 6.07) is 14.1. The molecule has 0 bridgehead atoms. The summed E-state index contributed by atoms with van der Waals surface area (Å²) >= 11 is 0. The number of ether oxygens (including phenoxy) is 1. The van der Waals surface area contributed by atoms with Crippen LogP contribution in [-0.2, 0) is 12.0 Å². The van der Waals surface area contributed by atoms with Gasteiger partial charge >= 0.3 is 0 Å². The predicted molar refractivity (Wildman–Crippen MR) is 93.4 cm³/mol. The van der Waals surface area contributed by atoms with Crippen molar-refractivity contribution >= 4 is 10.9 Å². The lowest BCUT2D eigenvalue weighted by molar-refractivity contribution is 0.415. The standard InChI is InChI=1S/C19H22N2O2/c1-19(2,3)14-7-5-13(6-8-14)12-21-17-10-9-15(23-4)11-16(17)18(22)20-21/h5-11H,12H2,1-4H3,(H,20,22). The lowest BCUT2D eigenvalue weighted by atomic mass is 9.87. The number of rotatable bonds is 3. The zero-order valence-electron chi connectivity index (χ0n) is 14.0. The van der Waals surface area contributed by atoms with Crippen LogP contribution in [0.1, 0.15) is 31.9 Å². The Morgan fingerprint density at radius 2 is 1.78 bits per heavy atom. The van der Waals surface area contributed by atoms with E-state index in [1.54, 1.807) is 13.2 Å². The molecule has 0 unspecified atom stereocenters. The summed E-state index contributed by atoms with van der Waals surface area (Å²) in [5.74, 6) is 0.690. The number of fused-ring (bicyclic) bond motifs is 1. The molecule has 2 aromatic carbocycles. The highest BCUT2D eigenvalue weighted by Gasteiger charge is 2.13. The van der Waals surface area contributed by atoms with Crippen molar-refractivity contribution in [2.45, 2.75) is 32.7 Å². The molecule has 0 aliphatic heterocycles. The Labute approximate surface area is 135 Å². The first-order valence-corrected chi connectivity index (χ1v) is 7.74. The highest BCUT2D eigenvalue weighted by atomic mass is 16.5. The normalized spacial score (nSPS) is 11.8. The van der Waals surface area contributed by atoms with Gasteiger partial charge in [-0.25, -0.2) is 0 Å². The average Bonchev–Trinajstić information content (AvgIpc) is 2.82. The van der Waals surface area contributed by atoms with E-state index >= 15 is 0 Å².